The van der Waals surface area contributed by atoms with Crippen LogP contribution in [0.1, 0.15) is 5.82 Å². The molecule has 0 unspecified atom stereocenters. The third-order valence-corrected chi connectivity index (χ3v) is 2.96. The SMILES string of the molecule is COc1cc(Sc2n[nH]c(C)n2)c(F)cc1N. The Morgan fingerprint density at radius 2 is 2.24 bits per heavy atom. The zero-order chi connectivity index (χ0) is 12.4. The number of H-pyrrole nitrogens is 1. The largest absolute Gasteiger partial charge is 0.495 e. The molecule has 1 heterocycles. The van der Waals surface area contributed by atoms with Gasteiger partial charge in [-0.25, -0.2) is 9.37 Å². The molecule has 0 atom stereocenters. The fourth-order valence-corrected chi connectivity index (χ4v) is 2.06. The van der Waals surface area contributed by atoms with Crippen molar-refractivity contribution in [2.75, 3.05) is 12.8 Å². The van der Waals surface area contributed by atoms with Crippen LogP contribution in [0, 0.1) is 12.7 Å². The number of nitrogens with two attached hydrogens (primary N) is 1. The molecule has 0 fully saturated rings. The van der Waals surface area contributed by atoms with E-state index in [1.54, 1.807) is 6.92 Å². The van der Waals surface area contributed by atoms with Crippen LogP contribution in [-0.4, -0.2) is 22.3 Å². The van der Waals surface area contributed by atoms with Gasteiger partial charge in [0.1, 0.15) is 17.4 Å². The fraction of sp³-hybridized carbons (Fsp3) is 0.200. The van der Waals surface area contributed by atoms with Crippen molar-refractivity contribution in [2.45, 2.75) is 17.0 Å². The van der Waals surface area contributed by atoms with Gasteiger partial charge in [0.15, 0.2) is 0 Å². The second-order valence-electron chi connectivity index (χ2n) is 3.33. The Morgan fingerprint density at radius 1 is 1.47 bits per heavy atom. The Labute approximate surface area is 102 Å². The molecule has 0 spiro atoms. The molecular formula is C10H11FN4OS. The summed E-state index contributed by atoms with van der Waals surface area (Å²) in [5, 5.41) is 7.06. The van der Waals surface area contributed by atoms with Crippen LogP contribution in [0.25, 0.3) is 0 Å². The van der Waals surface area contributed by atoms with Gasteiger partial charge in [0, 0.05) is 6.07 Å². The number of nitrogens with one attached hydrogen (secondary N) is 1. The maximum atomic E-state index is 13.6. The smallest absolute Gasteiger partial charge is 0.213 e. The molecule has 1 aromatic carbocycles. The maximum Gasteiger partial charge on any atom is 0.213 e. The number of ether oxygens (including phenoxy) is 1. The summed E-state index contributed by atoms with van der Waals surface area (Å²) in [6.45, 7) is 1.77. The van der Waals surface area contributed by atoms with Crippen LogP contribution >= 0.6 is 11.8 Å². The third-order valence-electron chi connectivity index (χ3n) is 2.06. The number of methoxy groups -OCH3 is 1. The molecule has 0 saturated carbocycles. The highest BCUT2D eigenvalue weighted by Gasteiger charge is 2.12. The first kappa shape index (κ1) is 11.7. The lowest BCUT2D eigenvalue weighted by molar-refractivity contribution is 0.414. The normalized spacial score (nSPS) is 10.5. The Kier molecular flexibility index (Phi) is 3.19. The average molecular weight is 254 g/mol. The molecule has 3 N–H and O–H groups in total. The van der Waals surface area contributed by atoms with Gasteiger partial charge in [-0.05, 0) is 24.8 Å². The van der Waals surface area contributed by atoms with Crippen molar-refractivity contribution in [1.29, 1.82) is 0 Å². The van der Waals surface area contributed by atoms with Gasteiger partial charge in [-0.15, -0.1) is 5.10 Å². The molecule has 2 aromatic rings. The number of hydrogen-bond donors (Lipinski definition) is 2. The van der Waals surface area contributed by atoms with Crippen LogP contribution in [0.15, 0.2) is 22.2 Å². The summed E-state index contributed by atoms with van der Waals surface area (Å²) in [5.41, 5.74) is 5.85. The molecule has 0 aliphatic rings. The molecule has 0 saturated heterocycles. The maximum absolute atomic E-state index is 13.6. The van der Waals surface area contributed by atoms with E-state index < -0.39 is 5.82 Å². The standard InChI is InChI=1S/C10H11FN4OS/c1-5-13-10(15-14-5)17-9-4-8(16-2)7(12)3-6(9)11/h3-4H,12H2,1-2H3,(H,13,14,15). The Bertz CT molecular complexity index is 543. The predicted molar refractivity (Wildman–Crippen MR) is 62.6 cm³/mol. The molecular weight excluding hydrogens is 243 g/mol. The van der Waals surface area contributed by atoms with E-state index >= 15 is 0 Å². The third kappa shape index (κ3) is 2.50. The number of aromatic nitrogens is 3. The molecule has 1 aromatic heterocycles. The highest BCUT2D eigenvalue weighted by Crippen LogP contribution is 2.33. The number of rotatable bonds is 3. The topological polar surface area (TPSA) is 76.8 Å². The Balaban J connectivity index is 2.32. The zero-order valence-corrected chi connectivity index (χ0v) is 10.1. The summed E-state index contributed by atoms with van der Waals surface area (Å²) in [6, 6.07) is 2.75. The molecule has 2 rings (SSSR count). The summed E-state index contributed by atoms with van der Waals surface area (Å²) >= 11 is 1.11. The highest BCUT2D eigenvalue weighted by molar-refractivity contribution is 7.99. The van der Waals surface area contributed by atoms with E-state index in [9.17, 15) is 4.39 Å². The molecule has 7 heteroatoms. The molecule has 0 amide bonds. The first-order chi connectivity index (χ1) is 8.10. The van der Waals surface area contributed by atoms with E-state index in [-0.39, 0.29) is 5.69 Å². The molecule has 17 heavy (non-hydrogen) atoms. The lowest BCUT2D eigenvalue weighted by Crippen LogP contribution is -1.95. The average Bonchev–Trinajstić information content (AvgIpc) is 2.68. The predicted octanol–water partition coefficient (Wildman–Crippen LogP) is 1.99. The van der Waals surface area contributed by atoms with Crippen molar-refractivity contribution in [3.63, 3.8) is 0 Å². The number of nitrogens with zero attached hydrogens (tertiary/aromatic N) is 2. The number of anilines is 1. The van der Waals surface area contributed by atoms with Crippen LogP contribution < -0.4 is 10.5 Å². The van der Waals surface area contributed by atoms with Crippen LogP contribution in [0.3, 0.4) is 0 Å². The number of aryl methyl sites for hydroxylation is 1. The van der Waals surface area contributed by atoms with Crippen molar-refractivity contribution in [2.24, 2.45) is 0 Å². The second kappa shape index (κ2) is 4.62. The number of aromatic amines is 1. The van der Waals surface area contributed by atoms with E-state index in [2.05, 4.69) is 15.2 Å². The quantitative estimate of drug-likeness (QED) is 0.819. The van der Waals surface area contributed by atoms with Crippen LogP contribution in [0.2, 0.25) is 0 Å². The van der Waals surface area contributed by atoms with Gasteiger partial charge in [-0.2, -0.15) is 0 Å². The van der Waals surface area contributed by atoms with E-state index in [0.717, 1.165) is 11.8 Å². The zero-order valence-electron chi connectivity index (χ0n) is 9.32. The Hall–Kier alpha value is -1.76. The van der Waals surface area contributed by atoms with E-state index in [1.807, 2.05) is 0 Å². The summed E-state index contributed by atoms with van der Waals surface area (Å²) < 4.78 is 18.7. The first-order valence-corrected chi connectivity index (χ1v) is 5.61. The van der Waals surface area contributed by atoms with Gasteiger partial charge < -0.3 is 10.5 Å². The van der Waals surface area contributed by atoms with E-state index in [0.29, 0.717) is 21.6 Å². The fourth-order valence-electron chi connectivity index (χ4n) is 1.27. The summed E-state index contributed by atoms with van der Waals surface area (Å²) in [4.78, 5) is 4.45. The first-order valence-electron chi connectivity index (χ1n) is 4.80. The monoisotopic (exact) mass is 254 g/mol. The van der Waals surface area contributed by atoms with Crippen molar-refractivity contribution >= 4 is 17.4 Å². The molecule has 5 nitrogen and oxygen atoms in total. The Morgan fingerprint density at radius 3 is 2.82 bits per heavy atom. The number of hydrogen-bond acceptors (Lipinski definition) is 5. The van der Waals surface area contributed by atoms with Crippen molar-refractivity contribution in [3.05, 3.63) is 23.8 Å². The van der Waals surface area contributed by atoms with Crippen molar-refractivity contribution in [3.8, 4) is 5.75 Å². The van der Waals surface area contributed by atoms with Crippen LogP contribution in [-0.2, 0) is 0 Å². The van der Waals surface area contributed by atoms with Crippen LogP contribution in [0.5, 0.6) is 5.75 Å². The lowest BCUT2D eigenvalue weighted by Gasteiger charge is -2.07. The molecule has 90 valence electrons. The van der Waals surface area contributed by atoms with Gasteiger partial charge in [0.05, 0.1) is 17.7 Å². The van der Waals surface area contributed by atoms with E-state index in [1.165, 1.54) is 19.2 Å². The minimum absolute atomic E-state index is 0.264. The molecule has 0 radical (unpaired) electrons. The number of nitrogen functional groups attached to an aromatic ring is 1. The van der Waals surface area contributed by atoms with Crippen molar-refractivity contribution in [1.82, 2.24) is 15.2 Å². The minimum atomic E-state index is -0.421. The molecule has 0 aliphatic carbocycles. The molecule has 0 aliphatic heterocycles. The molecule has 0 bridgehead atoms. The highest BCUT2D eigenvalue weighted by atomic mass is 32.2. The van der Waals surface area contributed by atoms with Gasteiger partial charge in [-0.1, -0.05) is 0 Å². The number of benzene rings is 1. The van der Waals surface area contributed by atoms with Gasteiger partial charge in [0.25, 0.3) is 0 Å². The van der Waals surface area contributed by atoms with Gasteiger partial charge >= 0.3 is 0 Å². The second-order valence-corrected chi connectivity index (χ2v) is 4.34. The minimum Gasteiger partial charge on any atom is -0.495 e. The van der Waals surface area contributed by atoms with Gasteiger partial charge in [-0.3, -0.25) is 5.10 Å². The number of halogens is 1. The summed E-state index contributed by atoms with van der Waals surface area (Å²) in [7, 11) is 1.48. The lowest BCUT2D eigenvalue weighted by atomic mass is 10.3. The van der Waals surface area contributed by atoms with Gasteiger partial charge in [0.2, 0.25) is 5.16 Å². The van der Waals surface area contributed by atoms with Crippen LogP contribution in [0.4, 0.5) is 10.1 Å². The summed E-state index contributed by atoms with van der Waals surface area (Å²) in [5.74, 6) is 0.687. The van der Waals surface area contributed by atoms with Crippen molar-refractivity contribution < 1.29 is 9.13 Å². The van der Waals surface area contributed by atoms with E-state index in [4.69, 9.17) is 10.5 Å². The summed E-state index contributed by atoms with van der Waals surface area (Å²) in [6.07, 6.45) is 0.